The van der Waals surface area contributed by atoms with Crippen molar-refractivity contribution in [2.24, 2.45) is 5.10 Å². The summed E-state index contributed by atoms with van der Waals surface area (Å²) in [5.74, 6) is 1.04. The monoisotopic (exact) mass is 394 g/mol. The van der Waals surface area contributed by atoms with Crippen LogP contribution in [0.1, 0.15) is 33.4 Å². The molecular formula is C20H18N4O3S. The standard InChI is InChI=1S/C20H18N4O3S/c1-13-12-28-20-22-14(2)17(24(13)20)10-21-23-19(25)18-9-8-16(27-18)11-26-15-6-4-3-5-7-15/h3-10,12H,11H2,1-2H3,(H,23,25)/b21-10-. The van der Waals surface area contributed by atoms with Gasteiger partial charge in [-0.15, -0.1) is 11.3 Å². The van der Waals surface area contributed by atoms with E-state index in [-0.39, 0.29) is 12.4 Å². The number of aryl methyl sites for hydroxylation is 2. The molecule has 4 aromatic rings. The Morgan fingerprint density at radius 2 is 2.11 bits per heavy atom. The number of furan rings is 1. The highest BCUT2D eigenvalue weighted by Gasteiger charge is 2.12. The summed E-state index contributed by atoms with van der Waals surface area (Å²) in [5.41, 5.74) is 5.25. The molecule has 7 nitrogen and oxygen atoms in total. The van der Waals surface area contributed by atoms with Crippen molar-refractivity contribution in [2.75, 3.05) is 0 Å². The second-order valence-corrected chi connectivity index (χ2v) is 6.98. The number of para-hydroxylation sites is 1. The van der Waals surface area contributed by atoms with Crippen molar-refractivity contribution < 1.29 is 13.9 Å². The predicted octanol–water partition coefficient (Wildman–Crippen LogP) is 3.95. The van der Waals surface area contributed by atoms with Gasteiger partial charge in [0, 0.05) is 11.1 Å². The Bertz CT molecular complexity index is 1140. The summed E-state index contributed by atoms with van der Waals surface area (Å²) in [6, 6.07) is 12.7. The largest absolute Gasteiger partial charge is 0.486 e. The second-order valence-electron chi connectivity index (χ2n) is 6.14. The first-order valence-corrected chi connectivity index (χ1v) is 9.53. The summed E-state index contributed by atoms with van der Waals surface area (Å²) in [4.78, 5) is 17.6. The quantitative estimate of drug-likeness (QED) is 0.397. The third kappa shape index (κ3) is 3.67. The van der Waals surface area contributed by atoms with Gasteiger partial charge in [0.05, 0.1) is 17.6 Å². The molecular weight excluding hydrogens is 376 g/mol. The van der Waals surface area contributed by atoms with Crippen molar-refractivity contribution in [3.63, 3.8) is 0 Å². The molecule has 3 aromatic heterocycles. The number of carbonyl (C=O) groups excluding carboxylic acids is 1. The topological polar surface area (TPSA) is 81.1 Å². The zero-order valence-corrected chi connectivity index (χ0v) is 16.2. The van der Waals surface area contributed by atoms with Gasteiger partial charge in [0.15, 0.2) is 10.7 Å². The van der Waals surface area contributed by atoms with E-state index in [1.54, 1.807) is 29.7 Å². The molecule has 4 rings (SSSR count). The molecule has 0 bridgehead atoms. The molecule has 0 saturated heterocycles. The summed E-state index contributed by atoms with van der Waals surface area (Å²) in [7, 11) is 0. The number of amides is 1. The normalized spacial score (nSPS) is 11.4. The lowest BCUT2D eigenvalue weighted by Gasteiger charge is -2.03. The predicted molar refractivity (Wildman–Crippen MR) is 107 cm³/mol. The van der Waals surface area contributed by atoms with Crippen LogP contribution in [-0.4, -0.2) is 21.5 Å². The fraction of sp³-hybridized carbons (Fsp3) is 0.150. The molecule has 0 aliphatic rings. The smallest absolute Gasteiger partial charge is 0.307 e. The zero-order chi connectivity index (χ0) is 19.5. The number of fused-ring (bicyclic) bond motifs is 1. The Hall–Kier alpha value is -3.39. The van der Waals surface area contributed by atoms with Crippen LogP contribution in [0, 0.1) is 13.8 Å². The molecule has 0 fully saturated rings. The first-order chi connectivity index (χ1) is 13.6. The van der Waals surface area contributed by atoms with E-state index in [2.05, 4.69) is 15.5 Å². The number of hydrogen-bond donors (Lipinski definition) is 1. The van der Waals surface area contributed by atoms with Gasteiger partial charge in [0.1, 0.15) is 18.1 Å². The molecule has 1 amide bonds. The lowest BCUT2D eigenvalue weighted by atomic mass is 10.3. The number of rotatable bonds is 6. The molecule has 1 aromatic carbocycles. The molecule has 8 heteroatoms. The van der Waals surface area contributed by atoms with Crippen LogP contribution in [0.25, 0.3) is 4.96 Å². The second kappa shape index (κ2) is 7.69. The molecule has 0 spiro atoms. The van der Waals surface area contributed by atoms with E-state index in [0.717, 1.165) is 27.8 Å². The van der Waals surface area contributed by atoms with Gasteiger partial charge in [-0.3, -0.25) is 9.20 Å². The summed E-state index contributed by atoms with van der Waals surface area (Å²) < 4.78 is 13.1. The Morgan fingerprint density at radius 1 is 1.29 bits per heavy atom. The maximum atomic E-state index is 12.2. The van der Waals surface area contributed by atoms with E-state index >= 15 is 0 Å². The Balaban J connectivity index is 1.39. The number of nitrogens with zero attached hydrogens (tertiary/aromatic N) is 3. The van der Waals surface area contributed by atoms with Crippen LogP contribution in [0.5, 0.6) is 5.75 Å². The van der Waals surface area contributed by atoms with Crippen molar-refractivity contribution in [3.05, 3.63) is 76.4 Å². The number of aromatic nitrogens is 2. The first kappa shape index (κ1) is 18.0. The summed E-state index contributed by atoms with van der Waals surface area (Å²) in [6.45, 7) is 4.15. The van der Waals surface area contributed by atoms with Crippen molar-refractivity contribution in [1.82, 2.24) is 14.8 Å². The van der Waals surface area contributed by atoms with Crippen molar-refractivity contribution >= 4 is 28.4 Å². The van der Waals surface area contributed by atoms with Gasteiger partial charge >= 0.3 is 5.91 Å². The maximum Gasteiger partial charge on any atom is 0.307 e. The van der Waals surface area contributed by atoms with E-state index in [4.69, 9.17) is 9.15 Å². The van der Waals surface area contributed by atoms with E-state index in [1.165, 1.54) is 0 Å². The minimum absolute atomic E-state index is 0.172. The number of ether oxygens (including phenoxy) is 1. The van der Waals surface area contributed by atoms with Gasteiger partial charge in [0.25, 0.3) is 0 Å². The lowest BCUT2D eigenvalue weighted by Crippen LogP contribution is -2.17. The Morgan fingerprint density at radius 3 is 2.93 bits per heavy atom. The minimum atomic E-state index is -0.428. The van der Waals surface area contributed by atoms with Gasteiger partial charge in [0.2, 0.25) is 0 Å². The number of benzene rings is 1. The maximum absolute atomic E-state index is 12.2. The molecule has 0 aliphatic carbocycles. The first-order valence-electron chi connectivity index (χ1n) is 8.65. The molecule has 0 unspecified atom stereocenters. The van der Waals surface area contributed by atoms with Crippen LogP contribution in [-0.2, 0) is 6.61 Å². The molecule has 0 atom stereocenters. The van der Waals surface area contributed by atoms with Gasteiger partial charge < -0.3 is 9.15 Å². The number of thiazole rings is 1. The summed E-state index contributed by atoms with van der Waals surface area (Å²) in [5, 5.41) is 6.08. The van der Waals surface area contributed by atoms with Gasteiger partial charge in [-0.2, -0.15) is 5.10 Å². The number of nitrogens with one attached hydrogen (secondary N) is 1. The fourth-order valence-electron chi connectivity index (χ4n) is 2.73. The van der Waals surface area contributed by atoms with E-state index in [0.29, 0.717) is 5.76 Å². The molecule has 0 aliphatic heterocycles. The number of imidazole rings is 1. The number of hydrogen-bond acceptors (Lipinski definition) is 6. The number of hydrazone groups is 1. The molecule has 0 saturated carbocycles. The third-order valence-electron chi connectivity index (χ3n) is 4.12. The highest BCUT2D eigenvalue weighted by Crippen LogP contribution is 2.19. The molecule has 1 N–H and O–H groups in total. The van der Waals surface area contributed by atoms with E-state index in [9.17, 15) is 4.79 Å². The molecule has 142 valence electrons. The Labute approximate surface area is 165 Å². The molecule has 0 radical (unpaired) electrons. The van der Waals surface area contributed by atoms with Crippen LogP contribution < -0.4 is 10.2 Å². The summed E-state index contributed by atoms with van der Waals surface area (Å²) in [6.07, 6.45) is 1.59. The van der Waals surface area contributed by atoms with Crippen molar-refractivity contribution in [3.8, 4) is 5.75 Å². The van der Waals surface area contributed by atoms with Crippen LogP contribution in [0.2, 0.25) is 0 Å². The van der Waals surface area contributed by atoms with E-state index < -0.39 is 5.91 Å². The van der Waals surface area contributed by atoms with Gasteiger partial charge in [-0.1, -0.05) is 18.2 Å². The minimum Gasteiger partial charge on any atom is -0.486 e. The van der Waals surface area contributed by atoms with Crippen molar-refractivity contribution in [2.45, 2.75) is 20.5 Å². The van der Waals surface area contributed by atoms with Gasteiger partial charge in [-0.25, -0.2) is 10.4 Å². The van der Waals surface area contributed by atoms with Crippen LogP contribution >= 0.6 is 11.3 Å². The van der Waals surface area contributed by atoms with Crippen molar-refractivity contribution in [1.29, 1.82) is 0 Å². The fourth-order valence-corrected chi connectivity index (χ4v) is 3.65. The van der Waals surface area contributed by atoms with Crippen LogP contribution in [0.15, 0.2) is 57.4 Å². The van der Waals surface area contributed by atoms with Crippen LogP contribution in [0.3, 0.4) is 0 Å². The number of carbonyl (C=O) groups is 1. The average Bonchev–Trinajstić information content (AvgIpc) is 3.39. The SMILES string of the molecule is Cc1nc2scc(C)n2c1/C=N\NC(=O)c1ccc(COc2ccccc2)o1. The Kier molecular flexibility index (Phi) is 4.94. The highest BCUT2D eigenvalue weighted by molar-refractivity contribution is 7.15. The zero-order valence-electron chi connectivity index (χ0n) is 15.4. The van der Waals surface area contributed by atoms with E-state index in [1.807, 2.05) is 54.0 Å². The average molecular weight is 394 g/mol. The molecule has 3 heterocycles. The van der Waals surface area contributed by atoms with Crippen LogP contribution in [0.4, 0.5) is 0 Å². The third-order valence-corrected chi connectivity index (χ3v) is 5.06. The van der Waals surface area contributed by atoms with Gasteiger partial charge in [-0.05, 0) is 38.1 Å². The summed E-state index contributed by atoms with van der Waals surface area (Å²) >= 11 is 1.57. The lowest BCUT2D eigenvalue weighted by molar-refractivity contribution is 0.0923. The molecule has 28 heavy (non-hydrogen) atoms. The highest BCUT2D eigenvalue weighted by atomic mass is 32.1.